The van der Waals surface area contributed by atoms with E-state index in [9.17, 15) is 20.2 Å². The highest BCUT2D eigenvalue weighted by Crippen LogP contribution is 2.25. The molecule has 0 aliphatic carbocycles. The Bertz CT molecular complexity index is 540. The highest BCUT2D eigenvalue weighted by Gasteiger charge is 2.28. The molecule has 1 fully saturated rings. The summed E-state index contributed by atoms with van der Waals surface area (Å²) in [4.78, 5) is 20.5. The van der Waals surface area contributed by atoms with Crippen molar-refractivity contribution >= 4 is 11.4 Å². The molecule has 1 aromatic rings. The Balaban J connectivity index is 2.18. The van der Waals surface area contributed by atoms with Gasteiger partial charge < -0.3 is 10.6 Å². The van der Waals surface area contributed by atoms with Crippen LogP contribution in [-0.2, 0) is 6.54 Å². The van der Waals surface area contributed by atoms with E-state index in [1.54, 1.807) is 0 Å². The number of non-ortho nitro benzene ring substituents is 1. The summed E-state index contributed by atoms with van der Waals surface area (Å²) in [6, 6.07) is 3.74. The number of hydrogen-bond acceptors (Lipinski definition) is 6. The zero-order chi connectivity index (χ0) is 14.8. The number of nitrogens with one attached hydrogen (secondary N) is 2. The second-order valence-corrected chi connectivity index (χ2v) is 5.17. The molecule has 0 spiro atoms. The van der Waals surface area contributed by atoms with Crippen LogP contribution < -0.4 is 10.6 Å². The van der Waals surface area contributed by atoms with Gasteiger partial charge in [0.1, 0.15) is 0 Å². The van der Waals surface area contributed by atoms with Crippen molar-refractivity contribution < 1.29 is 9.85 Å². The summed E-state index contributed by atoms with van der Waals surface area (Å²) >= 11 is 0. The first-order valence-electron chi connectivity index (χ1n) is 6.29. The largest absolute Gasteiger partial charge is 0.315 e. The maximum absolute atomic E-state index is 11.0. The Morgan fingerprint density at radius 2 is 2.10 bits per heavy atom. The Hall–Kier alpha value is -2.06. The number of nitro groups is 2. The van der Waals surface area contributed by atoms with Gasteiger partial charge in [-0.1, -0.05) is 0 Å². The topological polar surface area (TPSA) is 110 Å². The molecule has 20 heavy (non-hydrogen) atoms. The molecular weight excluding hydrogens is 264 g/mol. The predicted molar refractivity (Wildman–Crippen MR) is 72.5 cm³/mol. The van der Waals surface area contributed by atoms with E-state index < -0.39 is 9.85 Å². The summed E-state index contributed by atoms with van der Waals surface area (Å²) in [6.45, 7) is 4.07. The van der Waals surface area contributed by atoms with Crippen molar-refractivity contribution in [2.45, 2.75) is 25.4 Å². The molecule has 1 heterocycles. The van der Waals surface area contributed by atoms with Gasteiger partial charge in [-0.15, -0.1) is 0 Å². The minimum absolute atomic E-state index is 0.102. The quantitative estimate of drug-likeness (QED) is 0.622. The maximum Gasteiger partial charge on any atom is 0.280 e. The van der Waals surface area contributed by atoms with Crippen LogP contribution in [0.3, 0.4) is 0 Å². The molecular formula is C12H16N4O4. The molecule has 1 aromatic carbocycles. The third-order valence-corrected chi connectivity index (χ3v) is 3.55. The van der Waals surface area contributed by atoms with E-state index in [1.807, 2.05) is 6.92 Å². The maximum atomic E-state index is 11.0. The lowest BCUT2D eigenvalue weighted by molar-refractivity contribution is -0.394. The lowest BCUT2D eigenvalue weighted by Crippen LogP contribution is -2.43. The van der Waals surface area contributed by atoms with Crippen molar-refractivity contribution in [1.29, 1.82) is 0 Å². The van der Waals surface area contributed by atoms with E-state index in [1.165, 1.54) is 12.1 Å². The minimum Gasteiger partial charge on any atom is -0.315 e. The number of benzene rings is 1. The fraction of sp³-hybridized carbons (Fsp3) is 0.500. The molecule has 1 saturated heterocycles. The molecule has 0 saturated carbocycles. The highest BCUT2D eigenvalue weighted by molar-refractivity contribution is 5.49. The SMILES string of the molecule is CC1(NCc2ccc([N+](=O)[O-])cc2[N+](=O)[O-])CCNC1. The van der Waals surface area contributed by atoms with Gasteiger partial charge in [0.2, 0.25) is 0 Å². The Morgan fingerprint density at radius 3 is 2.65 bits per heavy atom. The van der Waals surface area contributed by atoms with Crippen LogP contribution in [0.5, 0.6) is 0 Å². The predicted octanol–water partition coefficient (Wildman–Crippen LogP) is 1.34. The molecule has 0 aromatic heterocycles. The number of hydrogen-bond donors (Lipinski definition) is 2. The van der Waals surface area contributed by atoms with Crippen LogP contribution >= 0.6 is 0 Å². The van der Waals surface area contributed by atoms with Gasteiger partial charge in [-0.05, 0) is 26.0 Å². The number of nitro benzene ring substituents is 2. The Kier molecular flexibility index (Phi) is 3.96. The van der Waals surface area contributed by atoms with Gasteiger partial charge in [0.15, 0.2) is 0 Å². The standard InChI is InChI=1S/C12H16N4O4/c1-12(4-5-13-8-12)14-7-9-2-3-10(15(17)18)6-11(9)16(19)20/h2-3,6,13-14H,4-5,7-8H2,1H3. The first kappa shape index (κ1) is 14.4. The average Bonchev–Trinajstić information content (AvgIpc) is 2.83. The van der Waals surface area contributed by atoms with Crippen LogP contribution in [0.25, 0.3) is 0 Å². The molecule has 2 rings (SSSR count). The summed E-state index contributed by atoms with van der Waals surface area (Å²) in [5, 5.41) is 28.2. The molecule has 8 heteroatoms. The summed E-state index contributed by atoms with van der Waals surface area (Å²) in [7, 11) is 0. The van der Waals surface area contributed by atoms with Gasteiger partial charge in [0.25, 0.3) is 11.4 Å². The lowest BCUT2D eigenvalue weighted by atomic mass is 10.0. The van der Waals surface area contributed by atoms with Gasteiger partial charge in [-0.2, -0.15) is 0 Å². The second-order valence-electron chi connectivity index (χ2n) is 5.17. The van der Waals surface area contributed by atoms with E-state index in [2.05, 4.69) is 10.6 Å². The molecule has 8 nitrogen and oxygen atoms in total. The summed E-state index contributed by atoms with van der Waals surface area (Å²) in [5.41, 5.74) is -0.139. The monoisotopic (exact) mass is 280 g/mol. The van der Waals surface area contributed by atoms with Crippen molar-refractivity contribution in [2.24, 2.45) is 0 Å². The van der Waals surface area contributed by atoms with E-state index in [0.717, 1.165) is 25.6 Å². The van der Waals surface area contributed by atoms with Gasteiger partial charge >= 0.3 is 0 Å². The zero-order valence-electron chi connectivity index (χ0n) is 11.1. The van der Waals surface area contributed by atoms with Crippen LogP contribution in [-0.4, -0.2) is 28.5 Å². The van der Waals surface area contributed by atoms with E-state index >= 15 is 0 Å². The zero-order valence-corrected chi connectivity index (χ0v) is 11.1. The Morgan fingerprint density at radius 1 is 1.35 bits per heavy atom. The molecule has 1 atom stereocenters. The van der Waals surface area contributed by atoms with Crippen molar-refractivity contribution in [1.82, 2.24) is 10.6 Å². The summed E-state index contributed by atoms with van der Waals surface area (Å²) in [5.74, 6) is 0. The minimum atomic E-state index is -0.633. The third-order valence-electron chi connectivity index (χ3n) is 3.55. The smallest absolute Gasteiger partial charge is 0.280 e. The van der Waals surface area contributed by atoms with Crippen molar-refractivity contribution in [3.8, 4) is 0 Å². The van der Waals surface area contributed by atoms with E-state index in [4.69, 9.17) is 0 Å². The lowest BCUT2D eigenvalue weighted by Gasteiger charge is -2.24. The van der Waals surface area contributed by atoms with Crippen LogP contribution in [0.4, 0.5) is 11.4 Å². The van der Waals surface area contributed by atoms with E-state index in [-0.39, 0.29) is 16.9 Å². The molecule has 1 unspecified atom stereocenters. The molecule has 0 amide bonds. The number of rotatable bonds is 5. The van der Waals surface area contributed by atoms with Crippen LogP contribution in [0, 0.1) is 20.2 Å². The molecule has 0 radical (unpaired) electrons. The fourth-order valence-electron chi connectivity index (χ4n) is 2.26. The first-order chi connectivity index (χ1) is 9.41. The van der Waals surface area contributed by atoms with Crippen molar-refractivity contribution in [3.63, 3.8) is 0 Å². The summed E-state index contributed by atoms with van der Waals surface area (Å²) < 4.78 is 0. The molecule has 1 aliphatic heterocycles. The molecule has 0 bridgehead atoms. The van der Waals surface area contributed by atoms with Crippen molar-refractivity contribution in [2.75, 3.05) is 13.1 Å². The molecule has 2 N–H and O–H groups in total. The number of nitrogens with zero attached hydrogens (tertiary/aromatic N) is 2. The van der Waals surface area contributed by atoms with Crippen molar-refractivity contribution in [3.05, 3.63) is 44.0 Å². The fourth-order valence-corrected chi connectivity index (χ4v) is 2.26. The Labute approximate surface area is 115 Å². The normalized spacial score (nSPS) is 21.9. The third kappa shape index (κ3) is 3.09. The average molecular weight is 280 g/mol. The van der Waals surface area contributed by atoms with Gasteiger partial charge in [0, 0.05) is 30.3 Å². The second kappa shape index (κ2) is 5.51. The highest BCUT2D eigenvalue weighted by atomic mass is 16.6. The van der Waals surface area contributed by atoms with Crippen LogP contribution in [0.15, 0.2) is 18.2 Å². The van der Waals surface area contributed by atoms with Crippen LogP contribution in [0.2, 0.25) is 0 Å². The summed E-state index contributed by atoms with van der Waals surface area (Å²) in [6.07, 6.45) is 0.938. The first-order valence-corrected chi connectivity index (χ1v) is 6.29. The van der Waals surface area contributed by atoms with E-state index in [0.29, 0.717) is 12.1 Å². The van der Waals surface area contributed by atoms with Gasteiger partial charge in [0.05, 0.1) is 15.9 Å². The molecule has 108 valence electrons. The molecule has 1 aliphatic rings. The van der Waals surface area contributed by atoms with Gasteiger partial charge in [-0.25, -0.2) is 0 Å². The van der Waals surface area contributed by atoms with Crippen LogP contribution in [0.1, 0.15) is 18.9 Å². The van der Waals surface area contributed by atoms with Gasteiger partial charge in [-0.3, -0.25) is 20.2 Å².